The van der Waals surface area contributed by atoms with Crippen molar-refractivity contribution in [1.82, 2.24) is 14.8 Å². The van der Waals surface area contributed by atoms with E-state index >= 15 is 0 Å². The lowest BCUT2D eigenvalue weighted by molar-refractivity contribution is 0.0686. The van der Waals surface area contributed by atoms with Crippen molar-refractivity contribution in [3.05, 3.63) is 108 Å². The van der Waals surface area contributed by atoms with Gasteiger partial charge in [-0.1, -0.05) is 36.4 Å². The van der Waals surface area contributed by atoms with Gasteiger partial charge in [-0.05, 0) is 70.8 Å². The number of nitrogens with zero attached hydrogens (tertiary/aromatic N) is 2. The lowest BCUT2D eigenvalue weighted by Gasteiger charge is -2.06. The Hall–Kier alpha value is -5.17. The van der Waals surface area contributed by atoms with Crippen molar-refractivity contribution < 1.29 is 19.8 Å². The quantitative estimate of drug-likeness (QED) is 0.275. The molecule has 7 heteroatoms. The Labute approximate surface area is 204 Å². The Balaban J connectivity index is 1.56. The van der Waals surface area contributed by atoms with E-state index in [2.05, 4.69) is 39.0 Å². The predicted octanol–water partition coefficient (Wildman–Crippen LogP) is 6.24. The fourth-order valence-electron chi connectivity index (χ4n) is 4.64. The minimum atomic E-state index is -0.955. The zero-order valence-electron chi connectivity index (χ0n) is 18.8. The Morgan fingerprint density at radius 3 is 1.47 bits per heavy atom. The molecule has 4 aromatic carbocycles. The molecule has 0 aliphatic rings. The fourth-order valence-corrected chi connectivity index (χ4v) is 4.64. The lowest BCUT2D eigenvalue weighted by atomic mass is 9.99. The minimum absolute atomic E-state index is 0.245. The van der Waals surface area contributed by atoms with Crippen molar-refractivity contribution in [3.8, 4) is 27.9 Å². The van der Waals surface area contributed by atoms with Crippen LogP contribution in [-0.2, 0) is 0 Å². The van der Waals surface area contributed by atoms with Gasteiger partial charge in [-0.15, -0.1) is 0 Å². The van der Waals surface area contributed by atoms with Gasteiger partial charge in [0, 0.05) is 17.0 Å². The monoisotopic (exact) mass is 473 g/mol. The second kappa shape index (κ2) is 8.25. The highest BCUT2D eigenvalue weighted by molar-refractivity contribution is 6.11. The molecule has 0 aliphatic carbocycles. The number of fused-ring (bicyclic) bond motifs is 3. The van der Waals surface area contributed by atoms with Gasteiger partial charge in [0.1, 0.15) is 0 Å². The second-order valence-corrected chi connectivity index (χ2v) is 8.52. The van der Waals surface area contributed by atoms with Gasteiger partial charge >= 0.3 is 11.9 Å². The van der Waals surface area contributed by atoms with Gasteiger partial charge in [0.2, 0.25) is 0 Å². The first-order chi connectivity index (χ1) is 17.5. The van der Waals surface area contributed by atoms with Crippen LogP contribution in [0.25, 0.3) is 49.7 Å². The zero-order chi connectivity index (χ0) is 24.8. The van der Waals surface area contributed by atoms with Gasteiger partial charge in [-0.3, -0.25) is 5.10 Å². The Morgan fingerprint density at radius 2 is 1.08 bits per heavy atom. The summed E-state index contributed by atoms with van der Waals surface area (Å²) in [6.45, 7) is 0. The van der Waals surface area contributed by atoms with E-state index < -0.39 is 11.9 Å². The Bertz CT molecular complexity index is 1650. The zero-order valence-corrected chi connectivity index (χ0v) is 18.8. The number of H-pyrrole nitrogens is 1. The topological polar surface area (TPSA) is 108 Å². The van der Waals surface area contributed by atoms with Crippen molar-refractivity contribution in [1.29, 1.82) is 0 Å². The first kappa shape index (κ1) is 21.4. The number of aromatic carboxylic acids is 2. The minimum Gasteiger partial charge on any atom is -0.478 e. The molecule has 2 heterocycles. The summed E-state index contributed by atoms with van der Waals surface area (Å²) in [7, 11) is 0. The molecule has 0 radical (unpaired) electrons. The van der Waals surface area contributed by atoms with E-state index in [9.17, 15) is 19.8 Å². The maximum atomic E-state index is 11.2. The smallest absolute Gasteiger partial charge is 0.335 e. The van der Waals surface area contributed by atoms with Crippen LogP contribution in [0.4, 0.5) is 0 Å². The summed E-state index contributed by atoms with van der Waals surface area (Å²) >= 11 is 0. The first-order valence-corrected chi connectivity index (χ1v) is 11.2. The van der Waals surface area contributed by atoms with E-state index in [1.54, 1.807) is 30.5 Å². The van der Waals surface area contributed by atoms with Crippen LogP contribution >= 0.6 is 0 Å². The summed E-state index contributed by atoms with van der Waals surface area (Å²) in [6, 6.07) is 26.1. The van der Waals surface area contributed by atoms with Crippen LogP contribution in [0.15, 0.2) is 97.3 Å². The number of benzene rings is 4. The van der Waals surface area contributed by atoms with Crippen LogP contribution in [0.3, 0.4) is 0 Å². The molecule has 0 amide bonds. The number of rotatable bonds is 5. The lowest BCUT2D eigenvalue weighted by Crippen LogP contribution is -1.95. The van der Waals surface area contributed by atoms with Crippen LogP contribution in [0, 0.1) is 0 Å². The largest absolute Gasteiger partial charge is 0.478 e. The summed E-state index contributed by atoms with van der Waals surface area (Å²) in [6.07, 6.45) is 3.62. The molecule has 0 unspecified atom stereocenters. The van der Waals surface area contributed by atoms with E-state index in [1.807, 2.05) is 42.6 Å². The highest BCUT2D eigenvalue weighted by Crippen LogP contribution is 2.37. The van der Waals surface area contributed by atoms with Crippen molar-refractivity contribution in [2.75, 3.05) is 0 Å². The predicted molar refractivity (Wildman–Crippen MR) is 138 cm³/mol. The first-order valence-electron chi connectivity index (χ1n) is 11.2. The fraction of sp³-hybridized carbons (Fsp3) is 0. The molecule has 0 fully saturated rings. The standard InChI is InChI=1S/C29H19N3O4/c33-28(34)19-5-1-17(2-6-19)21-9-11-26-24(13-21)25-14-22(18-3-7-20(8-4-18)29(35)36)10-12-27(25)32(26)23-15-30-31-16-23/h1-16H,(H,30,31)(H,33,34)(H,35,36). The van der Waals surface area contributed by atoms with E-state index in [4.69, 9.17) is 0 Å². The molecule has 0 bridgehead atoms. The van der Waals surface area contributed by atoms with Crippen LogP contribution in [0.5, 0.6) is 0 Å². The maximum Gasteiger partial charge on any atom is 0.335 e. The SMILES string of the molecule is O=C(O)c1ccc(-c2ccc3c(c2)c2cc(-c4ccc(C(=O)O)cc4)ccc2n3-c2cn[nH]c2)cc1. The van der Waals surface area contributed by atoms with Gasteiger partial charge < -0.3 is 14.8 Å². The number of nitrogens with one attached hydrogen (secondary N) is 1. The van der Waals surface area contributed by atoms with E-state index in [1.165, 1.54) is 0 Å². The molecular formula is C29H19N3O4. The maximum absolute atomic E-state index is 11.2. The average Bonchev–Trinajstić information content (AvgIpc) is 3.54. The summed E-state index contributed by atoms with van der Waals surface area (Å²) in [5, 5.41) is 27.5. The summed E-state index contributed by atoms with van der Waals surface area (Å²) < 4.78 is 2.14. The normalized spacial score (nSPS) is 11.2. The molecule has 0 spiro atoms. The van der Waals surface area contributed by atoms with Crippen LogP contribution in [0.1, 0.15) is 20.7 Å². The molecule has 2 aromatic heterocycles. The Kier molecular flexibility index (Phi) is 4.90. The third-order valence-electron chi connectivity index (χ3n) is 6.44. The second-order valence-electron chi connectivity index (χ2n) is 8.52. The molecule has 7 nitrogen and oxygen atoms in total. The number of hydrogen-bond acceptors (Lipinski definition) is 3. The van der Waals surface area contributed by atoms with Crippen molar-refractivity contribution in [2.24, 2.45) is 0 Å². The number of carboxylic acids is 2. The highest BCUT2D eigenvalue weighted by Gasteiger charge is 2.15. The van der Waals surface area contributed by atoms with Gasteiger partial charge in [-0.25, -0.2) is 9.59 Å². The summed E-state index contributed by atoms with van der Waals surface area (Å²) in [5.74, 6) is -1.91. The highest BCUT2D eigenvalue weighted by atomic mass is 16.4. The number of hydrogen-bond donors (Lipinski definition) is 3. The molecule has 3 N–H and O–H groups in total. The third-order valence-corrected chi connectivity index (χ3v) is 6.44. The molecule has 0 aliphatic heterocycles. The van der Waals surface area contributed by atoms with E-state index in [-0.39, 0.29) is 11.1 Å². The molecule has 36 heavy (non-hydrogen) atoms. The Morgan fingerprint density at radius 1 is 0.639 bits per heavy atom. The molecule has 0 atom stereocenters. The van der Waals surface area contributed by atoms with Crippen LogP contribution in [-0.4, -0.2) is 36.9 Å². The molecule has 0 saturated carbocycles. The van der Waals surface area contributed by atoms with E-state index in [0.29, 0.717) is 0 Å². The number of aromatic nitrogens is 3. The summed E-state index contributed by atoms with van der Waals surface area (Å²) in [4.78, 5) is 22.5. The molecule has 6 rings (SSSR count). The van der Waals surface area contributed by atoms with Crippen LogP contribution in [0.2, 0.25) is 0 Å². The van der Waals surface area contributed by atoms with Gasteiger partial charge in [-0.2, -0.15) is 5.10 Å². The van der Waals surface area contributed by atoms with E-state index in [0.717, 1.165) is 49.7 Å². The van der Waals surface area contributed by atoms with Crippen molar-refractivity contribution >= 4 is 33.7 Å². The molecule has 6 aromatic rings. The third kappa shape index (κ3) is 3.50. The molecule has 0 saturated heterocycles. The number of aromatic amines is 1. The van der Waals surface area contributed by atoms with Crippen molar-refractivity contribution in [2.45, 2.75) is 0 Å². The van der Waals surface area contributed by atoms with Crippen LogP contribution < -0.4 is 0 Å². The van der Waals surface area contributed by atoms with Crippen molar-refractivity contribution in [3.63, 3.8) is 0 Å². The molecular weight excluding hydrogens is 454 g/mol. The average molecular weight is 473 g/mol. The van der Waals surface area contributed by atoms with Gasteiger partial charge in [0.15, 0.2) is 0 Å². The van der Waals surface area contributed by atoms with Gasteiger partial charge in [0.25, 0.3) is 0 Å². The number of carboxylic acid groups (broad SMARTS) is 2. The molecule has 174 valence electrons. The summed E-state index contributed by atoms with van der Waals surface area (Å²) in [5.41, 5.74) is 7.21. The number of carbonyl (C=O) groups is 2. The van der Waals surface area contributed by atoms with Gasteiger partial charge in [0.05, 0.1) is 34.0 Å².